The van der Waals surface area contributed by atoms with Crippen LogP contribution in [-0.4, -0.2) is 16.7 Å². The summed E-state index contributed by atoms with van der Waals surface area (Å²) in [6.07, 6.45) is 1.26. The molecular weight excluding hydrogens is 318 g/mol. The van der Waals surface area contributed by atoms with E-state index in [9.17, 15) is 5.11 Å². The molecule has 0 saturated carbocycles. The first-order chi connectivity index (χ1) is 9.66. The van der Waals surface area contributed by atoms with Gasteiger partial charge in [-0.05, 0) is 24.3 Å². The lowest BCUT2D eigenvalue weighted by atomic mass is 9.82. The first-order valence-corrected chi connectivity index (χ1v) is 7.47. The third-order valence-electron chi connectivity index (χ3n) is 3.93. The summed E-state index contributed by atoms with van der Waals surface area (Å²) in [5.41, 5.74) is 1.84. The van der Waals surface area contributed by atoms with Crippen molar-refractivity contribution < 1.29 is 9.84 Å². The van der Waals surface area contributed by atoms with Gasteiger partial charge in [-0.2, -0.15) is 0 Å². The number of aromatic nitrogens is 1. The third kappa shape index (κ3) is 2.45. The number of ether oxygens (including phenoxy) is 1. The molecule has 3 rings (SSSR count). The lowest BCUT2D eigenvalue weighted by molar-refractivity contribution is 0.0378. The lowest BCUT2D eigenvalue weighted by Crippen LogP contribution is -2.30. The van der Waals surface area contributed by atoms with Crippen LogP contribution >= 0.6 is 15.9 Å². The van der Waals surface area contributed by atoms with Gasteiger partial charge in [-0.3, -0.25) is 4.98 Å². The van der Waals surface area contributed by atoms with E-state index in [0.29, 0.717) is 6.61 Å². The second-order valence-corrected chi connectivity index (χ2v) is 6.06. The minimum Gasteiger partial charge on any atom is -0.493 e. The van der Waals surface area contributed by atoms with Crippen LogP contribution in [0.2, 0.25) is 0 Å². The van der Waals surface area contributed by atoms with Crippen molar-refractivity contribution in [1.82, 2.24) is 4.98 Å². The number of aliphatic hydroxyl groups is 1. The highest BCUT2D eigenvalue weighted by Crippen LogP contribution is 2.42. The number of nitrogens with zero attached hydrogens (tertiary/aromatic N) is 1. The molecule has 2 heterocycles. The molecule has 0 saturated heterocycles. The molecule has 0 amide bonds. The zero-order valence-corrected chi connectivity index (χ0v) is 12.7. The molecule has 2 unspecified atom stereocenters. The first kappa shape index (κ1) is 13.6. The molecular formula is C16H16BrNO2. The zero-order valence-electron chi connectivity index (χ0n) is 11.2. The van der Waals surface area contributed by atoms with Gasteiger partial charge in [0.15, 0.2) is 0 Å². The Bertz CT molecular complexity index is 603. The zero-order chi connectivity index (χ0) is 14.1. The van der Waals surface area contributed by atoms with E-state index in [2.05, 4.69) is 27.8 Å². The Morgan fingerprint density at radius 3 is 2.95 bits per heavy atom. The van der Waals surface area contributed by atoms with Gasteiger partial charge in [0, 0.05) is 33.8 Å². The van der Waals surface area contributed by atoms with Crippen LogP contribution in [0.1, 0.15) is 30.2 Å². The predicted molar refractivity (Wildman–Crippen MR) is 80.7 cm³/mol. The summed E-state index contributed by atoms with van der Waals surface area (Å²) >= 11 is 3.42. The summed E-state index contributed by atoms with van der Waals surface area (Å²) in [6, 6.07) is 11.6. The molecule has 0 bridgehead atoms. The van der Waals surface area contributed by atoms with Gasteiger partial charge in [-0.1, -0.05) is 35.0 Å². The van der Waals surface area contributed by atoms with Crippen molar-refractivity contribution in [3.05, 3.63) is 58.3 Å². The number of hydrogen-bond acceptors (Lipinski definition) is 3. The fourth-order valence-electron chi connectivity index (χ4n) is 2.67. The number of rotatable bonds is 2. The quantitative estimate of drug-likeness (QED) is 0.911. The Labute approximate surface area is 126 Å². The van der Waals surface area contributed by atoms with Crippen molar-refractivity contribution in [3.63, 3.8) is 0 Å². The Kier molecular flexibility index (Phi) is 3.76. The highest BCUT2D eigenvalue weighted by Gasteiger charge is 2.34. The molecule has 1 aromatic heterocycles. The molecule has 1 aliphatic heterocycles. The van der Waals surface area contributed by atoms with Gasteiger partial charge in [0.1, 0.15) is 5.75 Å². The highest BCUT2D eigenvalue weighted by atomic mass is 79.9. The molecule has 4 heteroatoms. The fraction of sp³-hybridized carbons (Fsp3) is 0.312. The number of fused-ring (bicyclic) bond motifs is 1. The molecule has 0 radical (unpaired) electrons. The molecule has 2 aromatic rings. The normalized spacial score (nSPS) is 22.8. The lowest BCUT2D eigenvalue weighted by Gasteiger charge is -2.34. The van der Waals surface area contributed by atoms with Gasteiger partial charge >= 0.3 is 0 Å². The van der Waals surface area contributed by atoms with Gasteiger partial charge in [0.25, 0.3) is 0 Å². The standard InChI is InChI=1S/C16H16BrNO2/c1-10(14-4-2-3-7-18-14)13-9-20-15-8-11(17)5-6-12(15)16(13)19/h2-8,10,13,16,19H,9H2,1H3/t10?,13-,16?/m0/s1. The fourth-order valence-corrected chi connectivity index (χ4v) is 3.01. The molecule has 0 aliphatic carbocycles. The molecule has 0 fully saturated rings. The van der Waals surface area contributed by atoms with E-state index >= 15 is 0 Å². The minimum atomic E-state index is -0.524. The molecule has 1 aliphatic rings. The van der Waals surface area contributed by atoms with Crippen LogP contribution in [0.25, 0.3) is 0 Å². The average Bonchev–Trinajstić information content (AvgIpc) is 2.48. The van der Waals surface area contributed by atoms with E-state index in [1.807, 2.05) is 36.4 Å². The van der Waals surface area contributed by atoms with Crippen molar-refractivity contribution in [1.29, 1.82) is 0 Å². The second-order valence-electron chi connectivity index (χ2n) is 5.15. The molecule has 1 aromatic carbocycles. The van der Waals surface area contributed by atoms with Crippen LogP contribution in [-0.2, 0) is 0 Å². The molecule has 104 valence electrons. The number of halogens is 1. The van der Waals surface area contributed by atoms with Gasteiger partial charge in [-0.25, -0.2) is 0 Å². The van der Waals surface area contributed by atoms with Crippen molar-refractivity contribution in [2.24, 2.45) is 5.92 Å². The molecule has 3 atom stereocenters. The second kappa shape index (κ2) is 5.54. The first-order valence-electron chi connectivity index (χ1n) is 6.68. The number of pyridine rings is 1. The number of benzene rings is 1. The van der Waals surface area contributed by atoms with Crippen LogP contribution in [0, 0.1) is 5.92 Å². The molecule has 20 heavy (non-hydrogen) atoms. The maximum Gasteiger partial charge on any atom is 0.126 e. The Balaban J connectivity index is 1.88. The van der Waals surface area contributed by atoms with Gasteiger partial charge in [-0.15, -0.1) is 0 Å². The number of hydrogen-bond donors (Lipinski definition) is 1. The SMILES string of the molecule is CC(c1ccccn1)[C@@H]1COc2cc(Br)ccc2C1O. The van der Waals surface area contributed by atoms with E-state index < -0.39 is 6.10 Å². The van der Waals surface area contributed by atoms with Crippen LogP contribution in [0.4, 0.5) is 0 Å². The van der Waals surface area contributed by atoms with Crippen molar-refractivity contribution >= 4 is 15.9 Å². The maximum absolute atomic E-state index is 10.6. The summed E-state index contributed by atoms with van der Waals surface area (Å²) < 4.78 is 6.77. The van der Waals surface area contributed by atoms with E-state index in [0.717, 1.165) is 21.5 Å². The molecule has 0 spiro atoms. The van der Waals surface area contributed by atoms with Gasteiger partial charge in [0.2, 0.25) is 0 Å². The van der Waals surface area contributed by atoms with Crippen LogP contribution in [0.3, 0.4) is 0 Å². The Morgan fingerprint density at radius 2 is 2.20 bits per heavy atom. The molecule has 3 nitrogen and oxygen atoms in total. The van der Waals surface area contributed by atoms with Crippen LogP contribution < -0.4 is 4.74 Å². The summed E-state index contributed by atoms with van der Waals surface area (Å²) in [7, 11) is 0. The van der Waals surface area contributed by atoms with E-state index in [1.54, 1.807) is 6.20 Å². The Morgan fingerprint density at radius 1 is 1.35 bits per heavy atom. The monoisotopic (exact) mass is 333 g/mol. The predicted octanol–water partition coefficient (Wildman–Crippen LogP) is 3.69. The van der Waals surface area contributed by atoms with Crippen molar-refractivity contribution in [2.45, 2.75) is 18.9 Å². The summed E-state index contributed by atoms with van der Waals surface area (Å²) in [4.78, 5) is 4.38. The summed E-state index contributed by atoms with van der Waals surface area (Å²) in [5, 5.41) is 10.6. The smallest absolute Gasteiger partial charge is 0.126 e. The molecule has 1 N–H and O–H groups in total. The minimum absolute atomic E-state index is 0.0126. The van der Waals surface area contributed by atoms with Gasteiger partial charge in [0.05, 0.1) is 12.7 Å². The topological polar surface area (TPSA) is 42.4 Å². The third-order valence-corrected chi connectivity index (χ3v) is 4.42. The van der Waals surface area contributed by atoms with Crippen LogP contribution in [0.5, 0.6) is 5.75 Å². The average molecular weight is 334 g/mol. The van der Waals surface area contributed by atoms with Crippen molar-refractivity contribution in [3.8, 4) is 5.75 Å². The summed E-state index contributed by atoms with van der Waals surface area (Å²) in [5.74, 6) is 0.915. The largest absolute Gasteiger partial charge is 0.493 e. The van der Waals surface area contributed by atoms with Crippen molar-refractivity contribution in [2.75, 3.05) is 6.61 Å². The number of aliphatic hydroxyl groups excluding tert-OH is 1. The highest BCUT2D eigenvalue weighted by molar-refractivity contribution is 9.10. The van der Waals surface area contributed by atoms with E-state index in [-0.39, 0.29) is 11.8 Å². The van der Waals surface area contributed by atoms with E-state index in [1.165, 1.54) is 0 Å². The van der Waals surface area contributed by atoms with Gasteiger partial charge < -0.3 is 9.84 Å². The summed E-state index contributed by atoms with van der Waals surface area (Å²) in [6.45, 7) is 2.59. The maximum atomic E-state index is 10.6. The Hall–Kier alpha value is -1.39. The van der Waals surface area contributed by atoms with E-state index in [4.69, 9.17) is 4.74 Å². The van der Waals surface area contributed by atoms with Crippen LogP contribution in [0.15, 0.2) is 47.1 Å².